The molecule has 0 aromatic heterocycles. The van der Waals surface area contributed by atoms with Crippen molar-refractivity contribution >= 4 is 17.6 Å². The Morgan fingerprint density at radius 3 is 2.48 bits per heavy atom. The number of aliphatic imine (C=N–C) groups is 1. The highest BCUT2D eigenvalue weighted by Crippen LogP contribution is 2.28. The second-order valence-electron chi connectivity index (χ2n) is 5.71. The summed E-state index contributed by atoms with van der Waals surface area (Å²) in [7, 11) is 2.08. The van der Waals surface area contributed by atoms with Crippen LogP contribution in [0.25, 0.3) is 5.70 Å². The molecule has 4 nitrogen and oxygen atoms in total. The van der Waals surface area contributed by atoms with Gasteiger partial charge in [0.05, 0.1) is 18.3 Å². The van der Waals surface area contributed by atoms with Crippen LogP contribution in [0.2, 0.25) is 0 Å². The van der Waals surface area contributed by atoms with E-state index < -0.39 is 0 Å². The standard InChI is InChI=1S/C19H22N4/c1-14(15-6-4-3-5-7-15)23(2)19-18(21-12-13-22-19)16-8-10-17(20)11-9-16/h3-11,13-14,21H,12,20H2,1-2H3/t14-/m0/s1. The van der Waals surface area contributed by atoms with Crippen LogP contribution in [0.3, 0.4) is 0 Å². The van der Waals surface area contributed by atoms with Crippen LogP contribution in [-0.2, 0) is 0 Å². The van der Waals surface area contributed by atoms with E-state index in [9.17, 15) is 0 Å². The van der Waals surface area contributed by atoms with Crippen molar-refractivity contribution in [2.75, 3.05) is 19.3 Å². The van der Waals surface area contributed by atoms with Crippen LogP contribution in [0, 0.1) is 0 Å². The second-order valence-corrected chi connectivity index (χ2v) is 5.71. The highest BCUT2D eigenvalue weighted by molar-refractivity contribution is 5.76. The molecule has 23 heavy (non-hydrogen) atoms. The Bertz CT molecular complexity index is 717. The predicted molar refractivity (Wildman–Crippen MR) is 96.9 cm³/mol. The lowest BCUT2D eigenvalue weighted by molar-refractivity contribution is 0.327. The van der Waals surface area contributed by atoms with Crippen molar-refractivity contribution < 1.29 is 0 Å². The number of nitrogen functional groups attached to an aromatic ring is 1. The first-order valence-corrected chi connectivity index (χ1v) is 7.81. The van der Waals surface area contributed by atoms with Gasteiger partial charge in [0, 0.05) is 24.5 Å². The maximum absolute atomic E-state index is 5.80. The number of hydrogen-bond acceptors (Lipinski definition) is 4. The molecule has 0 amide bonds. The summed E-state index contributed by atoms with van der Waals surface area (Å²) < 4.78 is 0. The fourth-order valence-corrected chi connectivity index (χ4v) is 2.71. The zero-order valence-electron chi connectivity index (χ0n) is 13.5. The van der Waals surface area contributed by atoms with E-state index in [2.05, 4.69) is 53.4 Å². The van der Waals surface area contributed by atoms with Gasteiger partial charge in [0.2, 0.25) is 0 Å². The van der Waals surface area contributed by atoms with E-state index in [1.807, 2.05) is 36.5 Å². The molecular formula is C19H22N4. The molecule has 0 unspecified atom stereocenters. The molecule has 2 aromatic rings. The number of benzene rings is 2. The van der Waals surface area contributed by atoms with Gasteiger partial charge in [-0.2, -0.15) is 0 Å². The molecule has 0 aliphatic carbocycles. The molecular weight excluding hydrogens is 284 g/mol. The minimum Gasteiger partial charge on any atom is -0.399 e. The Morgan fingerprint density at radius 1 is 1.09 bits per heavy atom. The predicted octanol–water partition coefficient (Wildman–Crippen LogP) is 3.26. The smallest absolute Gasteiger partial charge is 0.152 e. The van der Waals surface area contributed by atoms with Gasteiger partial charge >= 0.3 is 0 Å². The summed E-state index contributed by atoms with van der Waals surface area (Å²) in [5, 5.41) is 3.44. The third-order valence-corrected chi connectivity index (χ3v) is 4.20. The molecule has 0 fully saturated rings. The highest BCUT2D eigenvalue weighted by Gasteiger charge is 2.20. The molecule has 118 valence electrons. The van der Waals surface area contributed by atoms with Crippen LogP contribution in [0.15, 0.2) is 65.4 Å². The molecule has 1 atom stereocenters. The number of hydrogen-bond donors (Lipinski definition) is 2. The summed E-state index contributed by atoms with van der Waals surface area (Å²) >= 11 is 0. The summed E-state index contributed by atoms with van der Waals surface area (Å²) in [6.07, 6.45) is 1.91. The molecule has 0 saturated carbocycles. The van der Waals surface area contributed by atoms with Gasteiger partial charge in [-0.25, -0.2) is 4.99 Å². The first-order chi connectivity index (χ1) is 11.2. The maximum atomic E-state index is 5.80. The van der Waals surface area contributed by atoms with Crippen molar-refractivity contribution in [1.29, 1.82) is 0 Å². The fourth-order valence-electron chi connectivity index (χ4n) is 2.71. The molecule has 0 bridgehead atoms. The van der Waals surface area contributed by atoms with E-state index in [0.717, 1.165) is 29.3 Å². The highest BCUT2D eigenvalue weighted by atomic mass is 15.2. The molecule has 0 spiro atoms. The van der Waals surface area contributed by atoms with Crippen molar-refractivity contribution in [3.63, 3.8) is 0 Å². The van der Waals surface area contributed by atoms with Gasteiger partial charge in [-0.15, -0.1) is 0 Å². The van der Waals surface area contributed by atoms with E-state index >= 15 is 0 Å². The number of nitrogens with two attached hydrogens (primary N) is 1. The zero-order valence-corrected chi connectivity index (χ0v) is 13.5. The largest absolute Gasteiger partial charge is 0.399 e. The van der Waals surface area contributed by atoms with E-state index in [0.29, 0.717) is 0 Å². The van der Waals surface area contributed by atoms with Gasteiger partial charge < -0.3 is 16.0 Å². The molecule has 0 saturated heterocycles. The summed E-state index contributed by atoms with van der Waals surface area (Å²) in [4.78, 5) is 6.84. The average molecular weight is 306 g/mol. The van der Waals surface area contributed by atoms with Gasteiger partial charge in [0.25, 0.3) is 0 Å². The molecule has 3 N–H and O–H groups in total. The summed E-state index contributed by atoms with van der Waals surface area (Å²) in [5.41, 5.74) is 9.96. The first-order valence-electron chi connectivity index (χ1n) is 7.81. The summed E-state index contributed by atoms with van der Waals surface area (Å²) in [5.74, 6) is 0.942. The molecule has 1 heterocycles. The van der Waals surface area contributed by atoms with Gasteiger partial charge in [-0.05, 0) is 24.6 Å². The SMILES string of the molecule is C[C@@H](c1ccccc1)N(C)C1=C(c2ccc(N)cc2)NCC=N1. The molecule has 0 radical (unpaired) electrons. The number of rotatable bonds is 4. The second kappa shape index (κ2) is 6.57. The third kappa shape index (κ3) is 3.21. The fraction of sp³-hybridized carbons (Fsp3) is 0.211. The monoisotopic (exact) mass is 306 g/mol. The topological polar surface area (TPSA) is 53.6 Å². The lowest BCUT2D eigenvalue weighted by atomic mass is 10.1. The molecule has 1 aliphatic heterocycles. The number of nitrogens with zero attached hydrogens (tertiary/aromatic N) is 2. The quantitative estimate of drug-likeness (QED) is 0.853. The van der Waals surface area contributed by atoms with Crippen molar-refractivity contribution in [1.82, 2.24) is 10.2 Å². The molecule has 2 aromatic carbocycles. The Hall–Kier alpha value is -2.75. The summed E-state index contributed by atoms with van der Waals surface area (Å²) in [6, 6.07) is 18.6. The summed E-state index contributed by atoms with van der Waals surface area (Å²) in [6.45, 7) is 2.92. The van der Waals surface area contributed by atoms with Gasteiger partial charge in [0.15, 0.2) is 5.82 Å². The number of anilines is 1. The Morgan fingerprint density at radius 2 is 1.78 bits per heavy atom. The van der Waals surface area contributed by atoms with Crippen LogP contribution in [-0.4, -0.2) is 24.7 Å². The Kier molecular flexibility index (Phi) is 4.33. The van der Waals surface area contributed by atoms with E-state index in [4.69, 9.17) is 5.73 Å². The van der Waals surface area contributed by atoms with E-state index in [-0.39, 0.29) is 6.04 Å². The van der Waals surface area contributed by atoms with Crippen molar-refractivity contribution in [3.8, 4) is 0 Å². The lowest BCUT2D eigenvalue weighted by Gasteiger charge is -2.31. The van der Waals surface area contributed by atoms with E-state index in [1.165, 1.54) is 5.56 Å². The first kappa shape index (κ1) is 15.2. The Balaban J connectivity index is 1.96. The van der Waals surface area contributed by atoms with Crippen molar-refractivity contribution in [3.05, 3.63) is 71.5 Å². The third-order valence-electron chi connectivity index (χ3n) is 4.20. The van der Waals surface area contributed by atoms with Crippen LogP contribution in [0.1, 0.15) is 24.1 Å². The molecule has 1 aliphatic rings. The van der Waals surface area contributed by atoms with E-state index in [1.54, 1.807) is 0 Å². The van der Waals surface area contributed by atoms with Gasteiger partial charge in [0.1, 0.15) is 0 Å². The van der Waals surface area contributed by atoms with Crippen molar-refractivity contribution in [2.24, 2.45) is 4.99 Å². The van der Waals surface area contributed by atoms with Crippen LogP contribution < -0.4 is 11.1 Å². The van der Waals surface area contributed by atoms with Crippen LogP contribution in [0.5, 0.6) is 0 Å². The Labute approximate surface area is 137 Å². The normalized spacial score (nSPS) is 15.2. The maximum Gasteiger partial charge on any atom is 0.152 e. The van der Waals surface area contributed by atoms with Crippen LogP contribution >= 0.6 is 0 Å². The zero-order chi connectivity index (χ0) is 16.2. The van der Waals surface area contributed by atoms with Gasteiger partial charge in [-0.1, -0.05) is 42.5 Å². The van der Waals surface area contributed by atoms with Crippen molar-refractivity contribution in [2.45, 2.75) is 13.0 Å². The average Bonchev–Trinajstić information content (AvgIpc) is 2.62. The molecule has 4 heteroatoms. The number of nitrogens with one attached hydrogen (secondary N) is 1. The minimum atomic E-state index is 0.229. The van der Waals surface area contributed by atoms with Gasteiger partial charge in [-0.3, -0.25) is 0 Å². The molecule has 3 rings (SSSR count). The minimum absolute atomic E-state index is 0.229. The van der Waals surface area contributed by atoms with Crippen LogP contribution in [0.4, 0.5) is 5.69 Å². The lowest BCUT2D eigenvalue weighted by Crippen LogP contribution is -2.29.